The number of nitro groups is 1. The second-order valence-electron chi connectivity index (χ2n) is 3.05. The van der Waals surface area contributed by atoms with E-state index in [1.54, 1.807) is 0 Å². The zero-order chi connectivity index (χ0) is 11.5. The molecule has 0 fully saturated rings. The summed E-state index contributed by atoms with van der Waals surface area (Å²) in [6.07, 6.45) is -0.520. The third kappa shape index (κ3) is 2.69. The topological polar surface area (TPSA) is 69.2 Å². The summed E-state index contributed by atoms with van der Waals surface area (Å²) < 4.78 is 26.6. The molecule has 1 aromatic carbocycles. The minimum Gasteiger partial charge on any atom is -0.330 e. The van der Waals surface area contributed by atoms with Crippen LogP contribution in [0.25, 0.3) is 0 Å². The first kappa shape index (κ1) is 11.5. The van der Waals surface area contributed by atoms with Crippen LogP contribution in [0, 0.1) is 10.1 Å². The van der Waals surface area contributed by atoms with Crippen LogP contribution in [-0.2, 0) is 5.92 Å². The molecule has 0 heterocycles. The van der Waals surface area contributed by atoms with Gasteiger partial charge in [-0.1, -0.05) is 12.1 Å². The molecule has 1 aromatic rings. The van der Waals surface area contributed by atoms with E-state index < -0.39 is 17.3 Å². The van der Waals surface area contributed by atoms with E-state index in [-0.39, 0.29) is 17.8 Å². The maximum absolute atomic E-state index is 13.3. The van der Waals surface area contributed by atoms with E-state index in [2.05, 4.69) is 0 Å². The summed E-state index contributed by atoms with van der Waals surface area (Å²) in [5, 5.41) is 10.4. The molecule has 82 valence electrons. The van der Waals surface area contributed by atoms with E-state index in [0.717, 1.165) is 12.1 Å². The number of non-ortho nitro benzene ring substituents is 1. The number of hydrogen-bond donors (Lipinski definition) is 1. The van der Waals surface area contributed by atoms with Crippen molar-refractivity contribution in [2.45, 2.75) is 12.3 Å². The Labute approximate surface area is 84.9 Å². The van der Waals surface area contributed by atoms with Gasteiger partial charge in [-0.15, -0.1) is 0 Å². The second-order valence-corrected chi connectivity index (χ2v) is 3.05. The summed E-state index contributed by atoms with van der Waals surface area (Å²) in [4.78, 5) is 9.67. The van der Waals surface area contributed by atoms with E-state index in [1.807, 2.05) is 0 Å². The highest BCUT2D eigenvalue weighted by molar-refractivity contribution is 5.36. The maximum Gasteiger partial charge on any atom is 0.274 e. The van der Waals surface area contributed by atoms with Crippen LogP contribution in [0.4, 0.5) is 14.5 Å². The Kier molecular flexibility index (Phi) is 3.31. The van der Waals surface area contributed by atoms with E-state index in [4.69, 9.17) is 5.73 Å². The molecule has 0 saturated heterocycles. The van der Waals surface area contributed by atoms with Gasteiger partial charge in [-0.3, -0.25) is 10.1 Å². The molecular formula is C9H10F2N2O2. The summed E-state index contributed by atoms with van der Waals surface area (Å²) in [7, 11) is 0. The van der Waals surface area contributed by atoms with Gasteiger partial charge in [0.2, 0.25) is 0 Å². The average molecular weight is 216 g/mol. The largest absolute Gasteiger partial charge is 0.330 e. The van der Waals surface area contributed by atoms with Gasteiger partial charge >= 0.3 is 0 Å². The zero-order valence-corrected chi connectivity index (χ0v) is 7.82. The van der Waals surface area contributed by atoms with Crippen molar-refractivity contribution in [3.8, 4) is 0 Å². The first-order chi connectivity index (χ1) is 6.97. The fraction of sp³-hybridized carbons (Fsp3) is 0.333. The summed E-state index contributed by atoms with van der Waals surface area (Å²) in [6, 6.07) is 4.43. The Morgan fingerprint density at radius 2 is 2.13 bits per heavy atom. The van der Waals surface area contributed by atoms with Crippen molar-refractivity contribution in [3.05, 3.63) is 39.9 Å². The predicted octanol–water partition coefficient (Wildman–Crippen LogP) is 2.04. The number of halogens is 2. The number of rotatable bonds is 4. The molecule has 0 aliphatic rings. The highest BCUT2D eigenvalue weighted by Gasteiger charge is 2.31. The zero-order valence-electron chi connectivity index (χ0n) is 7.82. The van der Waals surface area contributed by atoms with Crippen LogP contribution < -0.4 is 5.73 Å². The van der Waals surface area contributed by atoms with Crippen LogP contribution in [0.3, 0.4) is 0 Å². The van der Waals surface area contributed by atoms with Gasteiger partial charge < -0.3 is 5.73 Å². The van der Waals surface area contributed by atoms with Crippen molar-refractivity contribution < 1.29 is 13.7 Å². The Morgan fingerprint density at radius 3 is 2.67 bits per heavy atom. The molecule has 0 bridgehead atoms. The molecule has 0 aromatic heterocycles. The molecule has 2 N–H and O–H groups in total. The van der Waals surface area contributed by atoms with Gasteiger partial charge in [0.15, 0.2) is 0 Å². The van der Waals surface area contributed by atoms with Crippen molar-refractivity contribution >= 4 is 5.69 Å². The molecule has 6 heteroatoms. The second kappa shape index (κ2) is 4.31. The Hall–Kier alpha value is -1.56. The monoisotopic (exact) mass is 216 g/mol. The van der Waals surface area contributed by atoms with Gasteiger partial charge in [0, 0.05) is 24.1 Å². The summed E-state index contributed by atoms with van der Waals surface area (Å²) in [5.41, 5.74) is 4.32. The SMILES string of the molecule is NCCC(F)(F)c1cccc([N+](=O)[O-])c1. The Morgan fingerprint density at radius 1 is 1.47 bits per heavy atom. The normalized spacial score (nSPS) is 11.4. The minimum absolute atomic E-state index is 0.171. The lowest BCUT2D eigenvalue weighted by atomic mass is 10.1. The summed E-state index contributed by atoms with van der Waals surface area (Å²) in [5.74, 6) is -3.11. The van der Waals surface area contributed by atoms with Gasteiger partial charge in [0.1, 0.15) is 0 Å². The lowest BCUT2D eigenvalue weighted by molar-refractivity contribution is -0.385. The Bertz CT molecular complexity index is 369. The molecule has 0 aliphatic carbocycles. The molecular weight excluding hydrogens is 206 g/mol. The van der Waals surface area contributed by atoms with Crippen molar-refractivity contribution in [1.82, 2.24) is 0 Å². The molecule has 0 aliphatic heterocycles. The van der Waals surface area contributed by atoms with Crippen LogP contribution in [0.5, 0.6) is 0 Å². The van der Waals surface area contributed by atoms with Crippen molar-refractivity contribution in [3.63, 3.8) is 0 Å². The molecule has 0 radical (unpaired) electrons. The third-order valence-electron chi connectivity index (χ3n) is 1.94. The molecule has 0 amide bonds. The average Bonchev–Trinajstić information content (AvgIpc) is 2.18. The number of nitrogens with zero attached hydrogens (tertiary/aromatic N) is 1. The summed E-state index contributed by atoms with van der Waals surface area (Å²) >= 11 is 0. The van der Waals surface area contributed by atoms with Crippen molar-refractivity contribution in [2.75, 3.05) is 6.54 Å². The molecule has 0 spiro atoms. The molecule has 4 nitrogen and oxygen atoms in total. The number of alkyl halides is 2. The van der Waals surface area contributed by atoms with E-state index in [9.17, 15) is 18.9 Å². The van der Waals surface area contributed by atoms with Crippen LogP contribution >= 0.6 is 0 Å². The van der Waals surface area contributed by atoms with Crippen molar-refractivity contribution in [1.29, 1.82) is 0 Å². The smallest absolute Gasteiger partial charge is 0.274 e. The lowest BCUT2D eigenvalue weighted by Gasteiger charge is -2.14. The third-order valence-corrected chi connectivity index (χ3v) is 1.94. The summed E-state index contributed by atoms with van der Waals surface area (Å²) in [6.45, 7) is -0.171. The van der Waals surface area contributed by atoms with E-state index in [1.165, 1.54) is 12.1 Å². The van der Waals surface area contributed by atoms with Gasteiger partial charge in [0.05, 0.1) is 4.92 Å². The van der Waals surface area contributed by atoms with Crippen LogP contribution in [0.1, 0.15) is 12.0 Å². The van der Waals surface area contributed by atoms with Gasteiger partial charge in [0.25, 0.3) is 11.6 Å². The fourth-order valence-corrected chi connectivity index (χ4v) is 1.17. The van der Waals surface area contributed by atoms with Gasteiger partial charge in [-0.2, -0.15) is 0 Å². The number of nitrogens with two attached hydrogens (primary N) is 1. The van der Waals surface area contributed by atoms with Crippen molar-refractivity contribution in [2.24, 2.45) is 5.73 Å². The lowest BCUT2D eigenvalue weighted by Crippen LogP contribution is -2.18. The maximum atomic E-state index is 13.3. The van der Waals surface area contributed by atoms with E-state index >= 15 is 0 Å². The first-order valence-corrected chi connectivity index (χ1v) is 4.30. The Balaban J connectivity index is 3.04. The molecule has 0 atom stereocenters. The van der Waals surface area contributed by atoms with E-state index in [0.29, 0.717) is 0 Å². The van der Waals surface area contributed by atoms with Crippen LogP contribution in [0.2, 0.25) is 0 Å². The van der Waals surface area contributed by atoms with Crippen LogP contribution in [-0.4, -0.2) is 11.5 Å². The number of benzene rings is 1. The molecule has 0 saturated carbocycles. The molecule has 1 rings (SSSR count). The van der Waals surface area contributed by atoms with Gasteiger partial charge in [-0.05, 0) is 6.54 Å². The molecule has 0 unspecified atom stereocenters. The first-order valence-electron chi connectivity index (χ1n) is 4.30. The molecule has 15 heavy (non-hydrogen) atoms. The fourth-order valence-electron chi connectivity index (χ4n) is 1.17. The number of nitro benzene ring substituents is 1. The quantitative estimate of drug-likeness (QED) is 0.618. The highest BCUT2D eigenvalue weighted by Crippen LogP contribution is 2.32. The predicted molar refractivity (Wildman–Crippen MR) is 50.7 cm³/mol. The minimum atomic E-state index is -3.11. The highest BCUT2D eigenvalue weighted by atomic mass is 19.3. The number of hydrogen-bond acceptors (Lipinski definition) is 3. The standard InChI is InChI=1S/C9H10F2N2O2/c10-9(11,4-5-12)7-2-1-3-8(6-7)13(14)15/h1-3,6H,4-5,12H2. The van der Waals surface area contributed by atoms with Crippen LogP contribution in [0.15, 0.2) is 24.3 Å². The van der Waals surface area contributed by atoms with Gasteiger partial charge in [-0.25, -0.2) is 8.78 Å².